The number of hydrogen-bond acceptors (Lipinski definition) is 3. The molecule has 0 atom stereocenters. The van der Waals surface area contributed by atoms with Crippen LogP contribution in [0.3, 0.4) is 0 Å². The molecule has 1 aromatic heterocycles. The van der Waals surface area contributed by atoms with Gasteiger partial charge in [-0.2, -0.15) is 0 Å². The Labute approximate surface area is 76.7 Å². The Kier molecular flexibility index (Phi) is 2.87. The van der Waals surface area contributed by atoms with Gasteiger partial charge < -0.3 is 4.74 Å². The van der Waals surface area contributed by atoms with Crippen molar-refractivity contribution >= 4 is 11.6 Å². The zero-order valence-corrected chi connectivity index (χ0v) is 8.09. The summed E-state index contributed by atoms with van der Waals surface area (Å²) in [4.78, 5) is 7.90. The first-order chi connectivity index (χ1) is 5.65. The van der Waals surface area contributed by atoms with Crippen molar-refractivity contribution in [1.29, 1.82) is 0 Å². The average molecular weight is 187 g/mol. The van der Waals surface area contributed by atoms with Crippen LogP contribution in [0.4, 0.5) is 0 Å². The number of methoxy groups -OCH3 is 1. The molecule has 0 radical (unpaired) electrons. The Bertz CT molecular complexity index is 276. The van der Waals surface area contributed by atoms with E-state index in [1.54, 1.807) is 13.3 Å². The standard InChI is InChI=1S/C8H11ClN2O/c1-5(2)7-6(12-3)4-10-8(9)11-7/h4-5H,1-3H3. The highest BCUT2D eigenvalue weighted by molar-refractivity contribution is 6.28. The molecule has 1 heterocycles. The molecule has 0 bridgehead atoms. The van der Waals surface area contributed by atoms with Crippen LogP contribution in [0.5, 0.6) is 5.75 Å². The van der Waals surface area contributed by atoms with Crippen molar-refractivity contribution in [2.24, 2.45) is 0 Å². The molecule has 0 unspecified atom stereocenters. The molecule has 0 aliphatic heterocycles. The number of rotatable bonds is 2. The lowest BCUT2D eigenvalue weighted by Gasteiger charge is -2.09. The molecule has 0 aliphatic rings. The second-order valence-corrected chi connectivity index (χ2v) is 3.09. The van der Waals surface area contributed by atoms with E-state index in [4.69, 9.17) is 16.3 Å². The molecule has 0 aliphatic carbocycles. The minimum absolute atomic E-state index is 0.263. The third kappa shape index (κ3) is 1.85. The van der Waals surface area contributed by atoms with E-state index in [1.165, 1.54) is 0 Å². The van der Waals surface area contributed by atoms with E-state index < -0.39 is 0 Å². The van der Waals surface area contributed by atoms with Crippen LogP contribution >= 0.6 is 11.6 Å². The van der Waals surface area contributed by atoms with Crippen LogP contribution in [0.1, 0.15) is 25.5 Å². The molecule has 0 amide bonds. The summed E-state index contributed by atoms with van der Waals surface area (Å²) in [6, 6.07) is 0. The smallest absolute Gasteiger partial charge is 0.222 e. The number of hydrogen-bond donors (Lipinski definition) is 0. The SMILES string of the molecule is COc1cnc(Cl)nc1C(C)C. The van der Waals surface area contributed by atoms with Gasteiger partial charge in [0.15, 0.2) is 5.75 Å². The van der Waals surface area contributed by atoms with Crippen molar-refractivity contribution in [1.82, 2.24) is 9.97 Å². The van der Waals surface area contributed by atoms with Gasteiger partial charge in [-0.3, -0.25) is 0 Å². The lowest BCUT2D eigenvalue weighted by atomic mass is 10.1. The van der Waals surface area contributed by atoms with E-state index in [0.717, 1.165) is 5.69 Å². The van der Waals surface area contributed by atoms with Gasteiger partial charge >= 0.3 is 0 Å². The molecule has 1 aromatic rings. The minimum atomic E-state index is 0.263. The lowest BCUT2D eigenvalue weighted by molar-refractivity contribution is 0.402. The number of nitrogens with zero attached hydrogens (tertiary/aromatic N) is 2. The zero-order chi connectivity index (χ0) is 9.14. The van der Waals surface area contributed by atoms with Crippen LogP contribution in [0.2, 0.25) is 5.28 Å². The molecule has 12 heavy (non-hydrogen) atoms. The van der Waals surface area contributed by atoms with Crippen LogP contribution in [0, 0.1) is 0 Å². The van der Waals surface area contributed by atoms with E-state index in [9.17, 15) is 0 Å². The summed E-state index contributed by atoms with van der Waals surface area (Å²) in [5, 5.41) is 0.263. The first-order valence-corrected chi connectivity index (χ1v) is 4.09. The van der Waals surface area contributed by atoms with Gasteiger partial charge in [-0.15, -0.1) is 0 Å². The van der Waals surface area contributed by atoms with Gasteiger partial charge in [-0.05, 0) is 17.5 Å². The third-order valence-electron chi connectivity index (χ3n) is 1.52. The second kappa shape index (κ2) is 3.72. The summed E-state index contributed by atoms with van der Waals surface area (Å²) in [6.45, 7) is 4.06. The fraction of sp³-hybridized carbons (Fsp3) is 0.500. The molecular formula is C8H11ClN2O. The molecule has 0 fully saturated rings. The van der Waals surface area contributed by atoms with Crippen molar-refractivity contribution in [2.75, 3.05) is 7.11 Å². The quantitative estimate of drug-likeness (QED) is 0.665. The summed E-state index contributed by atoms with van der Waals surface area (Å²) >= 11 is 5.64. The monoisotopic (exact) mass is 186 g/mol. The Balaban J connectivity index is 3.12. The number of halogens is 1. The van der Waals surface area contributed by atoms with E-state index in [2.05, 4.69) is 9.97 Å². The van der Waals surface area contributed by atoms with Gasteiger partial charge in [0.05, 0.1) is 19.0 Å². The number of aromatic nitrogens is 2. The molecule has 0 saturated heterocycles. The molecule has 0 saturated carbocycles. The van der Waals surface area contributed by atoms with Crippen LogP contribution in [0.15, 0.2) is 6.20 Å². The minimum Gasteiger partial charge on any atom is -0.493 e. The van der Waals surface area contributed by atoms with Crippen molar-refractivity contribution in [2.45, 2.75) is 19.8 Å². The van der Waals surface area contributed by atoms with Crippen molar-refractivity contribution < 1.29 is 4.74 Å². The van der Waals surface area contributed by atoms with Gasteiger partial charge in [0.2, 0.25) is 5.28 Å². The Morgan fingerprint density at radius 1 is 1.50 bits per heavy atom. The van der Waals surface area contributed by atoms with Gasteiger partial charge in [0.25, 0.3) is 0 Å². The highest BCUT2D eigenvalue weighted by Gasteiger charge is 2.09. The van der Waals surface area contributed by atoms with Crippen molar-refractivity contribution in [3.8, 4) is 5.75 Å². The largest absolute Gasteiger partial charge is 0.493 e. The fourth-order valence-corrected chi connectivity index (χ4v) is 1.07. The van der Waals surface area contributed by atoms with Crippen LogP contribution in [-0.2, 0) is 0 Å². The first kappa shape index (κ1) is 9.26. The Hall–Kier alpha value is -0.830. The number of ether oxygens (including phenoxy) is 1. The predicted molar refractivity (Wildman–Crippen MR) is 47.7 cm³/mol. The summed E-state index contributed by atoms with van der Waals surface area (Å²) in [5.74, 6) is 0.981. The summed E-state index contributed by atoms with van der Waals surface area (Å²) in [6.07, 6.45) is 1.59. The highest BCUT2D eigenvalue weighted by Crippen LogP contribution is 2.23. The third-order valence-corrected chi connectivity index (χ3v) is 1.70. The molecule has 0 spiro atoms. The maximum absolute atomic E-state index is 5.64. The van der Waals surface area contributed by atoms with E-state index in [0.29, 0.717) is 11.7 Å². The second-order valence-electron chi connectivity index (χ2n) is 2.75. The summed E-state index contributed by atoms with van der Waals surface area (Å²) < 4.78 is 5.08. The van der Waals surface area contributed by atoms with E-state index >= 15 is 0 Å². The Morgan fingerprint density at radius 2 is 2.17 bits per heavy atom. The van der Waals surface area contributed by atoms with Crippen molar-refractivity contribution in [3.63, 3.8) is 0 Å². The van der Waals surface area contributed by atoms with Crippen LogP contribution in [0.25, 0.3) is 0 Å². The highest BCUT2D eigenvalue weighted by atomic mass is 35.5. The predicted octanol–water partition coefficient (Wildman–Crippen LogP) is 2.26. The zero-order valence-electron chi connectivity index (χ0n) is 7.34. The summed E-state index contributed by atoms with van der Waals surface area (Å²) in [7, 11) is 1.60. The maximum atomic E-state index is 5.64. The van der Waals surface area contributed by atoms with Gasteiger partial charge in [-0.1, -0.05) is 13.8 Å². The molecule has 66 valence electrons. The first-order valence-electron chi connectivity index (χ1n) is 3.71. The fourth-order valence-electron chi connectivity index (χ4n) is 0.932. The molecule has 4 heteroatoms. The maximum Gasteiger partial charge on any atom is 0.222 e. The summed E-state index contributed by atoms with van der Waals surface area (Å²) in [5.41, 5.74) is 0.845. The average Bonchev–Trinajstić information content (AvgIpc) is 2.04. The van der Waals surface area contributed by atoms with Crippen LogP contribution < -0.4 is 4.74 Å². The molecule has 1 rings (SSSR count). The molecule has 3 nitrogen and oxygen atoms in total. The van der Waals surface area contributed by atoms with Crippen LogP contribution in [-0.4, -0.2) is 17.1 Å². The van der Waals surface area contributed by atoms with Gasteiger partial charge in [-0.25, -0.2) is 9.97 Å². The van der Waals surface area contributed by atoms with Crippen molar-refractivity contribution in [3.05, 3.63) is 17.2 Å². The normalized spacial score (nSPS) is 10.4. The van der Waals surface area contributed by atoms with E-state index in [-0.39, 0.29) is 5.28 Å². The van der Waals surface area contributed by atoms with Gasteiger partial charge in [0, 0.05) is 0 Å². The molecule has 0 aromatic carbocycles. The molecule has 0 N–H and O–H groups in total. The van der Waals surface area contributed by atoms with E-state index in [1.807, 2.05) is 13.8 Å². The lowest BCUT2D eigenvalue weighted by Crippen LogP contribution is -1.99. The van der Waals surface area contributed by atoms with Gasteiger partial charge in [0.1, 0.15) is 0 Å². The topological polar surface area (TPSA) is 35.0 Å². The molecular weight excluding hydrogens is 176 g/mol. The Morgan fingerprint density at radius 3 is 2.67 bits per heavy atom.